The maximum Gasteiger partial charge on any atom is 0.336 e. The quantitative estimate of drug-likeness (QED) is 0.597. The fraction of sp³-hybridized carbons (Fsp3) is 0.227. The Balaban J connectivity index is 1.59. The summed E-state index contributed by atoms with van der Waals surface area (Å²) in [6, 6.07) is 8.87. The van der Waals surface area contributed by atoms with Crippen molar-refractivity contribution in [3.63, 3.8) is 0 Å². The average Bonchev–Trinajstić information content (AvgIpc) is 2.73. The number of aromatic carboxylic acids is 1. The van der Waals surface area contributed by atoms with Crippen LogP contribution in [0.25, 0.3) is 11.3 Å². The highest BCUT2D eigenvalue weighted by Gasteiger charge is 2.27. The maximum atomic E-state index is 12.0. The molecule has 1 aliphatic rings. The van der Waals surface area contributed by atoms with Gasteiger partial charge < -0.3 is 16.2 Å². The highest BCUT2D eigenvalue weighted by atomic mass is 16.4. The first-order chi connectivity index (χ1) is 14.4. The van der Waals surface area contributed by atoms with Crippen LogP contribution in [0.3, 0.4) is 0 Å². The summed E-state index contributed by atoms with van der Waals surface area (Å²) in [4.78, 5) is 36.7. The number of fused-ring (bicyclic) bond motifs is 1. The van der Waals surface area contributed by atoms with Crippen molar-refractivity contribution >= 4 is 17.8 Å². The van der Waals surface area contributed by atoms with Gasteiger partial charge in [0.1, 0.15) is 0 Å². The van der Waals surface area contributed by atoms with Gasteiger partial charge in [-0.25, -0.2) is 14.8 Å². The van der Waals surface area contributed by atoms with E-state index >= 15 is 0 Å². The Morgan fingerprint density at radius 3 is 2.70 bits per heavy atom. The smallest absolute Gasteiger partial charge is 0.336 e. The van der Waals surface area contributed by atoms with Gasteiger partial charge in [-0.15, -0.1) is 0 Å². The van der Waals surface area contributed by atoms with E-state index in [0.717, 1.165) is 28.9 Å². The molecule has 152 valence electrons. The molecule has 2 aromatic heterocycles. The SMILES string of the molecule is Cc1ccc(-c2ccnc(NC3CCc4ccc(C(=O)O)c(C(N)=O)c4C3)n2)cn1. The number of carboxylic acid groups (broad SMARTS) is 1. The molecule has 1 amide bonds. The van der Waals surface area contributed by atoms with Gasteiger partial charge in [-0.05, 0) is 61.6 Å². The lowest BCUT2D eigenvalue weighted by molar-refractivity contribution is 0.0691. The first-order valence-electron chi connectivity index (χ1n) is 9.63. The number of rotatable bonds is 5. The number of aromatic nitrogens is 3. The second kappa shape index (κ2) is 7.90. The highest BCUT2D eigenvalue weighted by Crippen LogP contribution is 2.29. The lowest BCUT2D eigenvalue weighted by Gasteiger charge is -2.27. The molecule has 0 spiro atoms. The fourth-order valence-corrected chi connectivity index (χ4v) is 3.81. The monoisotopic (exact) mass is 403 g/mol. The molecule has 4 rings (SSSR count). The molecule has 0 fully saturated rings. The van der Waals surface area contributed by atoms with Crippen LogP contribution in [0.1, 0.15) is 44.0 Å². The lowest BCUT2D eigenvalue weighted by Crippen LogP contribution is -2.31. The average molecular weight is 403 g/mol. The second-order valence-electron chi connectivity index (χ2n) is 7.33. The number of carboxylic acids is 1. The second-order valence-corrected chi connectivity index (χ2v) is 7.33. The molecule has 1 atom stereocenters. The van der Waals surface area contributed by atoms with E-state index < -0.39 is 11.9 Å². The Hall–Kier alpha value is -3.81. The largest absolute Gasteiger partial charge is 0.478 e. The molecular formula is C22H21N5O3. The molecule has 2 heterocycles. The summed E-state index contributed by atoms with van der Waals surface area (Å²) in [6.45, 7) is 1.92. The van der Waals surface area contributed by atoms with Crippen LogP contribution in [0, 0.1) is 6.92 Å². The Bertz CT molecular complexity index is 1130. The molecule has 0 bridgehead atoms. The van der Waals surface area contributed by atoms with Crippen molar-refractivity contribution < 1.29 is 14.7 Å². The van der Waals surface area contributed by atoms with Gasteiger partial charge in [0.15, 0.2) is 0 Å². The summed E-state index contributed by atoms with van der Waals surface area (Å²) in [6.07, 6.45) is 5.42. The first kappa shape index (κ1) is 19.5. The maximum absolute atomic E-state index is 12.0. The van der Waals surface area contributed by atoms with Crippen LogP contribution in [0.15, 0.2) is 42.7 Å². The van der Waals surface area contributed by atoms with E-state index in [-0.39, 0.29) is 17.2 Å². The molecule has 30 heavy (non-hydrogen) atoms. The molecule has 1 unspecified atom stereocenters. The fourth-order valence-electron chi connectivity index (χ4n) is 3.81. The van der Waals surface area contributed by atoms with Crippen LogP contribution < -0.4 is 11.1 Å². The van der Waals surface area contributed by atoms with E-state index in [4.69, 9.17) is 5.73 Å². The Labute approximate surface area is 173 Å². The van der Waals surface area contributed by atoms with Gasteiger partial charge in [0.2, 0.25) is 11.9 Å². The van der Waals surface area contributed by atoms with E-state index in [0.29, 0.717) is 24.4 Å². The van der Waals surface area contributed by atoms with Crippen molar-refractivity contribution in [2.24, 2.45) is 5.73 Å². The van der Waals surface area contributed by atoms with E-state index in [9.17, 15) is 14.7 Å². The summed E-state index contributed by atoms with van der Waals surface area (Å²) in [5.41, 5.74) is 9.75. The molecule has 1 aromatic carbocycles. The zero-order valence-corrected chi connectivity index (χ0v) is 16.4. The number of anilines is 1. The first-order valence-corrected chi connectivity index (χ1v) is 9.63. The number of carbonyl (C=O) groups is 2. The van der Waals surface area contributed by atoms with Crippen LogP contribution in [0.5, 0.6) is 0 Å². The summed E-state index contributed by atoms with van der Waals surface area (Å²) in [7, 11) is 0. The Morgan fingerprint density at radius 1 is 1.17 bits per heavy atom. The highest BCUT2D eigenvalue weighted by molar-refractivity contribution is 6.05. The number of hydrogen-bond acceptors (Lipinski definition) is 6. The Morgan fingerprint density at radius 2 is 2.00 bits per heavy atom. The van der Waals surface area contributed by atoms with Gasteiger partial charge in [0, 0.05) is 29.7 Å². The number of amides is 1. The van der Waals surface area contributed by atoms with Gasteiger partial charge in [0.05, 0.1) is 16.8 Å². The standard InChI is InChI=1S/C22H21N5O3/c1-12-2-3-14(11-25-12)18-8-9-24-22(27-18)26-15-6-4-13-5-7-16(21(29)30)19(20(23)28)17(13)10-15/h2-3,5,7-9,11,15H,4,6,10H2,1H3,(H2,23,28)(H,29,30)(H,24,26,27). The van der Waals surface area contributed by atoms with Crippen molar-refractivity contribution in [2.45, 2.75) is 32.2 Å². The lowest BCUT2D eigenvalue weighted by atomic mass is 9.83. The van der Waals surface area contributed by atoms with Gasteiger partial charge >= 0.3 is 5.97 Å². The van der Waals surface area contributed by atoms with Gasteiger partial charge in [-0.1, -0.05) is 6.07 Å². The van der Waals surface area contributed by atoms with Gasteiger partial charge in [-0.3, -0.25) is 9.78 Å². The van der Waals surface area contributed by atoms with Crippen LogP contribution in [0.4, 0.5) is 5.95 Å². The van der Waals surface area contributed by atoms with Crippen LogP contribution in [-0.2, 0) is 12.8 Å². The van der Waals surface area contributed by atoms with E-state index in [1.54, 1.807) is 18.5 Å². The van der Waals surface area contributed by atoms with Crippen molar-refractivity contribution in [3.8, 4) is 11.3 Å². The molecule has 8 heteroatoms. The topological polar surface area (TPSA) is 131 Å². The van der Waals surface area contributed by atoms with E-state index in [1.165, 1.54) is 6.07 Å². The number of nitrogens with zero attached hydrogens (tertiary/aromatic N) is 3. The molecule has 3 aromatic rings. The van der Waals surface area contributed by atoms with E-state index in [1.807, 2.05) is 25.1 Å². The molecule has 0 saturated heterocycles. The van der Waals surface area contributed by atoms with Gasteiger partial charge in [-0.2, -0.15) is 0 Å². The summed E-state index contributed by atoms with van der Waals surface area (Å²) >= 11 is 0. The molecule has 0 aliphatic heterocycles. The number of primary amides is 1. The number of carbonyl (C=O) groups excluding carboxylic acids is 1. The Kier molecular flexibility index (Phi) is 5.14. The molecule has 0 radical (unpaired) electrons. The molecule has 8 nitrogen and oxygen atoms in total. The van der Waals surface area contributed by atoms with E-state index in [2.05, 4.69) is 20.3 Å². The number of benzene rings is 1. The third-order valence-electron chi connectivity index (χ3n) is 5.30. The third kappa shape index (κ3) is 3.84. The number of nitrogens with two attached hydrogens (primary N) is 1. The predicted octanol–water partition coefficient (Wildman–Crippen LogP) is 2.61. The molecular weight excluding hydrogens is 382 g/mol. The number of nitrogens with one attached hydrogen (secondary N) is 1. The van der Waals surface area contributed by atoms with Gasteiger partial charge in [0.25, 0.3) is 0 Å². The minimum atomic E-state index is -1.16. The minimum absolute atomic E-state index is 0.0500. The van der Waals surface area contributed by atoms with Crippen LogP contribution >= 0.6 is 0 Å². The zero-order valence-electron chi connectivity index (χ0n) is 16.4. The summed E-state index contributed by atoms with van der Waals surface area (Å²) in [5.74, 6) is -1.42. The molecule has 4 N–H and O–H groups in total. The van der Waals surface area contributed by atoms with Crippen molar-refractivity contribution in [3.05, 3.63) is 70.7 Å². The third-order valence-corrected chi connectivity index (χ3v) is 5.30. The predicted molar refractivity (Wildman–Crippen MR) is 111 cm³/mol. The summed E-state index contributed by atoms with van der Waals surface area (Å²) in [5, 5.41) is 12.7. The van der Waals surface area contributed by atoms with Crippen molar-refractivity contribution in [2.75, 3.05) is 5.32 Å². The van der Waals surface area contributed by atoms with Crippen molar-refractivity contribution in [1.82, 2.24) is 15.0 Å². The van der Waals surface area contributed by atoms with Crippen LogP contribution in [0.2, 0.25) is 0 Å². The molecule has 0 saturated carbocycles. The number of hydrogen-bond donors (Lipinski definition) is 3. The van der Waals surface area contributed by atoms with Crippen LogP contribution in [-0.4, -0.2) is 38.0 Å². The number of pyridine rings is 1. The van der Waals surface area contributed by atoms with Crippen molar-refractivity contribution in [1.29, 1.82) is 0 Å². The zero-order chi connectivity index (χ0) is 21.3. The molecule has 1 aliphatic carbocycles. The normalized spacial score (nSPS) is 15.3. The minimum Gasteiger partial charge on any atom is -0.478 e. The summed E-state index contributed by atoms with van der Waals surface area (Å²) < 4.78 is 0. The number of aryl methyl sites for hydroxylation is 2.